The molecule has 2 amide bonds. The number of amides is 2. The quantitative estimate of drug-likeness (QED) is 0.813. The lowest BCUT2D eigenvalue weighted by Crippen LogP contribution is -2.32. The summed E-state index contributed by atoms with van der Waals surface area (Å²) in [6, 6.07) is 12.9. The average Bonchev–Trinajstić information content (AvgIpc) is 2.49. The Morgan fingerprint density at radius 2 is 1.95 bits per heavy atom. The molecule has 116 valence electrons. The van der Waals surface area contributed by atoms with Crippen molar-refractivity contribution in [3.8, 4) is 5.75 Å². The number of para-hydroxylation sites is 1. The van der Waals surface area contributed by atoms with Crippen LogP contribution in [0, 0.1) is 13.8 Å². The van der Waals surface area contributed by atoms with E-state index in [9.17, 15) is 4.79 Å². The molecule has 0 unspecified atom stereocenters. The lowest BCUT2D eigenvalue weighted by atomic mass is 10.1. The maximum Gasteiger partial charge on any atom is 0.319 e. The number of benzene rings is 2. The molecule has 0 bridgehead atoms. The topological polar surface area (TPSA) is 50.4 Å². The van der Waals surface area contributed by atoms with Gasteiger partial charge in [-0.05, 0) is 43.2 Å². The van der Waals surface area contributed by atoms with Gasteiger partial charge in [0.25, 0.3) is 0 Å². The first-order chi connectivity index (χ1) is 10.6. The summed E-state index contributed by atoms with van der Waals surface area (Å²) in [6.45, 7) is 4.68. The van der Waals surface area contributed by atoms with Crippen LogP contribution in [0.15, 0.2) is 42.5 Å². The van der Waals surface area contributed by atoms with E-state index in [1.54, 1.807) is 12.1 Å². The Labute approximate surface area is 135 Å². The summed E-state index contributed by atoms with van der Waals surface area (Å²) >= 11 is 5.98. The predicted octanol–water partition coefficient (Wildman–Crippen LogP) is 4.16. The molecule has 0 spiro atoms. The van der Waals surface area contributed by atoms with Crippen LogP contribution >= 0.6 is 11.6 Å². The second-order valence-electron chi connectivity index (χ2n) is 4.98. The van der Waals surface area contributed by atoms with E-state index in [2.05, 4.69) is 10.6 Å². The van der Waals surface area contributed by atoms with E-state index in [1.807, 2.05) is 44.2 Å². The molecule has 0 saturated carbocycles. The third kappa shape index (κ3) is 4.67. The van der Waals surface area contributed by atoms with Crippen LogP contribution in [0.5, 0.6) is 5.75 Å². The summed E-state index contributed by atoms with van der Waals surface area (Å²) in [4.78, 5) is 11.9. The van der Waals surface area contributed by atoms with Gasteiger partial charge in [-0.2, -0.15) is 0 Å². The van der Waals surface area contributed by atoms with Crippen LogP contribution in [0.3, 0.4) is 0 Å². The number of nitrogens with one attached hydrogen (secondary N) is 2. The molecule has 0 aromatic heterocycles. The van der Waals surface area contributed by atoms with Crippen molar-refractivity contribution < 1.29 is 9.53 Å². The van der Waals surface area contributed by atoms with Gasteiger partial charge in [-0.1, -0.05) is 35.9 Å². The highest BCUT2D eigenvalue weighted by atomic mass is 35.5. The molecule has 0 radical (unpaired) electrons. The molecular formula is C17H19ClN2O2. The van der Waals surface area contributed by atoms with Gasteiger partial charge in [-0.15, -0.1) is 0 Å². The Hall–Kier alpha value is -2.20. The third-order valence-corrected chi connectivity index (χ3v) is 3.44. The van der Waals surface area contributed by atoms with Gasteiger partial charge < -0.3 is 15.4 Å². The summed E-state index contributed by atoms with van der Waals surface area (Å²) in [5, 5.41) is 6.14. The fourth-order valence-corrected chi connectivity index (χ4v) is 2.11. The van der Waals surface area contributed by atoms with Gasteiger partial charge in [-0.3, -0.25) is 0 Å². The number of rotatable bonds is 5. The largest absolute Gasteiger partial charge is 0.490 e. The SMILES string of the molecule is Cc1ccc(C)c(NC(=O)NCCOc2ccccc2Cl)c1. The van der Waals surface area contributed by atoms with Crippen LogP contribution in [0.4, 0.5) is 10.5 Å². The highest BCUT2D eigenvalue weighted by Gasteiger charge is 2.05. The van der Waals surface area contributed by atoms with Crippen molar-refractivity contribution in [3.05, 3.63) is 58.6 Å². The van der Waals surface area contributed by atoms with Gasteiger partial charge in [0.1, 0.15) is 12.4 Å². The van der Waals surface area contributed by atoms with Crippen LogP contribution < -0.4 is 15.4 Å². The number of hydrogen-bond donors (Lipinski definition) is 2. The number of urea groups is 1. The van der Waals surface area contributed by atoms with E-state index in [0.717, 1.165) is 16.8 Å². The van der Waals surface area contributed by atoms with Crippen molar-refractivity contribution in [2.24, 2.45) is 0 Å². The Morgan fingerprint density at radius 1 is 1.18 bits per heavy atom. The van der Waals surface area contributed by atoms with E-state index in [1.165, 1.54) is 0 Å². The molecule has 0 atom stereocenters. The smallest absolute Gasteiger partial charge is 0.319 e. The van der Waals surface area contributed by atoms with E-state index in [-0.39, 0.29) is 6.03 Å². The summed E-state index contributed by atoms with van der Waals surface area (Å²) in [7, 11) is 0. The number of hydrogen-bond acceptors (Lipinski definition) is 2. The molecule has 5 heteroatoms. The van der Waals surface area contributed by atoms with Crippen molar-refractivity contribution in [1.82, 2.24) is 5.32 Å². The van der Waals surface area contributed by atoms with Gasteiger partial charge in [0.2, 0.25) is 0 Å². The first kappa shape index (κ1) is 16.2. The van der Waals surface area contributed by atoms with E-state index < -0.39 is 0 Å². The summed E-state index contributed by atoms with van der Waals surface area (Å²) in [6.07, 6.45) is 0. The zero-order chi connectivity index (χ0) is 15.9. The first-order valence-electron chi connectivity index (χ1n) is 7.05. The van der Waals surface area contributed by atoms with Crippen LogP contribution in [0.1, 0.15) is 11.1 Å². The maximum absolute atomic E-state index is 11.9. The molecule has 0 aliphatic carbocycles. The fourth-order valence-electron chi connectivity index (χ4n) is 1.92. The van der Waals surface area contributed by atoms with Gasteiger partial charge in [0.05, 0.1) is 11.6 Å². The molecule has 2 N–H and O–H groups in total. The number of ether oxygens (including phenoxy) is 1. The van der Waals surface area contributed by atoms with Crippen molar-refractivity contribution in [2.45, 2.75) is 13.8 Å². The number of halogens is 1. The van der Waals surface area contributed by atoms with Gasteiger partial charge in [-0.25, -0.2) is 4.79 Å². The number of carbonyl (C=O) groups is 1. The van der Waals surface area contributed by atoms with E-state index >= 15 is 0 Å². The standard InChI is InChI=1S/C17H19ClN2O2/c1-12-7-8-13(2)15(11-12)20-17(21)19-9-10-22-16-6-4-3-5-14(16)18/h3-8,11H,9-10H2,1-2H3,(H2,19,20,21). The summed E-state index contributed by atoms with van der Waals surface area (Å²) in [5.41, 5.74) is 2.93. The van der Waals surface area contributed by atoms with Crippen molar-refractivity contribution >= 4 is 23.3 Å². The minimum Gasteiger partial charge on any atom is -0.490 e. The Balaban J connectivity index is 1.76. The lowest BCUT2D eigenvalue weighted by Gasteiger charge is -2.11. The Bertz CT molecular complexity index is 659. The Morgan fingerprint density at radius 3 is 2.73 bits per heavy atom. The van der Waals surface area contributed by atoms with Crippen LogP contribution in [0.25, 0.3) is 0 Å². The average molecular weight is 319 g/mol. The molecule has 0 aliphatic rings. The highest BCUT2D eigenvalue weighted by molar-refractivity contribution is 6.32. The predicted molar refractivity (Wildman–Crippen MR) is 89.9 cm³/mol. The molecule has 2 aromatic carbocycles. The Kier molecular flexibility index (Phi) is 5.67. The van der Waals surface area contributed by atoms with Crippen LogP contribution in [-0.4, -0.2) is 19.2 Å². The maximum atomic E-state index is 11.9. The minimum atomic E-state index is -0.253. The minimum absolute atomic E-state index is 0.253. The van der Waals surface area contributed by atoms with Gasteiger partial charge >= 0.3 is 6.03 Å². The molecule has 2 aromatic rings. The molecule has 0 heterocycles. The molecular weight excluding hydrogens is 300 g/mol. The second kappa shape index (κ2) is 7.71. The van der Waals surface area contributed by atoms with E-state index in [0.29, 0.717) is 23.9 Å². The second-order valence-corrected chi connectivity index (χ2v) is 5.39. The number of carbonyl (C=O) groups excluding carboxylic acids is 1. The summed E-state index contributed by atoms with van der Waals surface area (Å²) < 4.78 is 5.51. The third-order valence-electron chi connectivity index (χ3n) is 3.12. The molecule has 0 fully saturated rings. The number of aryl methyl sites for hydroxylation is 2. The zero-order valence-corrected chi connectivity index (χ0v) is 13.4. The highest BCUT2D eigenvalue weighted by Crippen LogP contribution is 2.22. The van der Waals surface area contributed by atoms with Gasteiger partial charge in [0, 0.05) is 5.69 Å². The van der Waals surface area contributed by atoms with Crippen LogP contribution in [-0.2, 0) is 0 Å². The normalized spacial score (nSPS) is 10.1. The van der Waals surface area contributed by atoms with Crippen LogP contribution in [0.2, 0.25) is 5.02 Å². The van der Waals surface area contributed by atoms with Crippen molar-refractivity contribution in [1.29, 1.82) is 0 Å². The zero-order valence-electron chi connectivity index (χ0n) is 12.7. The van der Waals surface area contributed by atoms with Crippen molar-refractivity contribution in [2.75, 3.05) is 18.5 Å². The fraction of sp³-hybridized carbons (Fsp3) is 0.235. The molecule has 4 nitrogen and oxygen atoms in total. The molecule has 22 heavy (non-hydrogen) atoms. The first-order valence-corrected chi connectivity index (χ1v) is 7.43. The molecule has 2 rings (SSSR count). The lowest BCUT2D eigenvalue weighted by molar-refractivity contribution is 0.247. The molecule has 0 aliphatic heterocycles. The molecule has 0 saturated heterocycles. The summed E-state index contributed by atoms with van der Waals surface area (Å²) in [5.74, 6) is 0.612. The van der Waals surface area contributed by atoms with Gasteiger partial charge in [0.15, 0.2) is 0 Å². The monoisotopic (exact) mass is 318 g/mol. The number of anilines is 1. The van der Waals surface area contributed by atoms with Crippen molar-refractivity contribution in [3.63, 3.8) is 0 Å². The van der Waals surface area contributed by atoms with E-state index in [4.69, 9.17) is 16.3 Å².